The van der Waals surface area contributed by atoms with Crippen LogP contribution in [0.25, 0.3) is 0 Å². The Morgan fingerprint density at radius 3 is 2.57 bits per heavy atom. The van der Waals surface area contributed by atoms with E-state index in [9.17, 15) is 13.6 Å². The Morgan fingerprint density at radius 2 is 2.00 bits per heavy atom. The number of benzene rings is 1. The highest BCUT2D eigenvalue weighted by molar-refractivity contribution is 7.80. The summed E-state index contributed by atoms with van der Waals surface area (Å²) in [5.41, 5.74) is 0.608. The fourth-order valence-electron chi connectivity index (χ4n) is 1.56. The highest BCUT2D eigenvalue weighted by atomic mass is 32.1. The zero-order valence-corrected chi connectivity index (χ0v) is 11.9. The number of rotatable bonds is 6. The number of alkyl halides is 2. The van der Waals surface area contributed by atoms with E-state index in [0.29, 0.717) is 11.7 Å². The molecule has 1 aromatic carbocycles. The molecule has 8 heteroatoms. The molecule has 1 aliphatic carbocycles. The SMILES string of the molecule is O=C(CNC(=S)Nc1ccc(OC(F)F)cc1)NC1CC1. The number of amides is 1. The maximum Gasteiger partial charge on any atom is 0.387 e. The van der Waals surface area contributed by atoms with Gasteiger partial charge in [0.05, 0.1) is 6.54 Å². The largest absolute Gasteiger partial charge is 0.435 e. The van der Waals surface area contributed by atoms with E-state index in [4.69, 9.17) is 12.2 Å². The highest BCUT2D eigenvalue weighted by Gasteiger charge is 2.22. The molecule has 1 aliphatic rings. The van der Waals surface area contributed by atoms with E-state index >= 15 is 0 Å². The lowest BCUT2D eigenvalue weighted by Gasteiger charge is -2.11. The minimum atomic E-state index is -2.85. The third-order valence-electron chi connectivity index (χ3n) is 2.69. The summed E-state index contributed by atoms with van der Waals surface area (Å²) in [6.45, 7) is -2.76. The van der Waals surface area contributed by atoms with Gasteiger partial charge in [-0.2, -0.15) is 8.78 Å². The maximum absolute atomic E-state index is 12.0. The van der Waals surface area contributed by atoms with Gasteiger partial charge in [-0.3, -0.25) is 4.79 Å². The van der Waals surface area contributed by atoms with Crippen molar-refractivity contribution >= 4 is 28.9 Å². The molecule has 0 heterocycles. The van der Waals surface area contributed by atoms with Gasteiger partial charge in [-0.05, 0) is 49.3 Å². The molecule has 1 aromatic rings. The van der Waals surface area contributed by atoms with Crippen molar-refractivity contribution < 1.29 is 18.3 Å². The minimum absolute atomic E-state index is 0.0678. The third kappa shape index (κ3) is 5.90. The maximum atomic E-state index is 12.0. The average molecular weight is 315 g/mol. The van der Waals surface area contributed by atoms with Crippen LogP contribution in [0.2, 0.25) is 0 Å². The van der Waals surface area contributed by atoms with E-state index in [2.05, 4.69) is 20.7 Å². The molecule has 5 nitrogen and oxygen atoms in total. The van der Waals surface area contributed by atoms with E-state index in [1.165, 1.54) is 12.1 Å². The fraction of sp³-hybridized carbons (Fsp3) is 0.385. The van der Waals surface area contributed by atoms with Crippen LogP contribution in [0.15, 0.2) is 24.3 Å². The second-order valence-electron chi connectivity index (χ2n) is 4.55. The lowest BCUT2D eigenvalue weighted by molar-refractivity contribution is -0.120. The van der Waals surface area contributed by atoms with Crippen molar-refractivity contribution in [1.82, 2.24) is 10.6 Å². The summed E-state index contributed by atoms with van der Waals surface area (Å²) < 4.78 is 28.2. The topological polar surface area (TPSA) is 62.4 Å². The van der Waals surface area contributed by atoms with Crippen molar-refractivity contribution in [2.45, 2.75) is 25.5 Å². The first-order valence-corrected chi connectivity index (χ1v) is 6.83. The molecule has 0 saturated heterocycles. The number of nitrogens with one attached hydrogen (secondary N) is 3. The molecule has 0 aliphatic heterocycles. The van der Waals surface area contributed by atoms with Crippen molar-refractivity contribution in [3.8, 4) is 5.75 Å². The summed E-state index contributed by atoms with van der Waals surface area (Å²) in [5, 5.41) is 8.72. The van der Waals surface area contributed by atoms with E-state index in [0.717, 1.165) is 12.8 Å². The van der Waals surface area contributed by atoms with Crippen LogP contribution in [0.4, 0.5) is 14.5 Å². The molecule has 0 unspecified atom stereocenters. The van der Waals surface area contributed by atoms with Crippen LogP contribution < -0.4 is 20.7 Å². The van der Waals surface area contributed by atoms with E-state index < -0.39 is 6.61 Å². The third-order valence-corrected chi connectivity index (χ3v) is 2.94. The number of hydrogen-bond acceptors (Lipinski definition) is 3. The van der Waals surface area contributed by atoms with E-state index in [1.807, 2.05) is 0 Å². The van der Waals surface area contributed by atoms with Crippen molar-refractivity contribution in [2.24, 2.45) is 0 Å². The number of halogens is 2. The quantitative estimate of drug-likeness (QED) is 0.700. The summed E-state index contributed by atoms with van der Waals surface area (Å²) in [6, 6.07) is 6.21. The Bertz CT molecular complexity index is 507. The lowest BCUT2D eigenvalue weighted by atomic mass is 10.3. The summed E-state index contributed by atoms with van der Waals surface area (Å²) >= 11 is 5.03. The first-order valence-electron chi connectivity index (χ1n) is 6.42. The van der Waals surface area contributed by atoms with Gasteiger partial charge < -0.3 is 20.7 Å². The van der Waals surface area contributed by atoms with Crippen LogP contribution in [0.5, 0.6) is 5.75 Å². The van der Waals surface area contributed by atoms with Gasteiger partial charge in [-0.15, -0.1) is 0 Å². The molecular formula is C13H15F2N3O2S. The molecule has 0 spiro atoms. The molecule has 0 atom stereocenters. The molecule has 3 N–H and O–H groups in total. The minimum Gasteiger partial charge on any atom is -0.435 e. The van der Waals surface area contributed by atoms with Gasteiger partial charge in [0, 0.05) is 11.7 Å². The standard InChI is InChI=1S/C13H15F2N3O2S/c14-12(15)20-10-5-3-9(4-6-10)18-13(21)16-7-11(19)17-8-1-2-8/h3-6,8,12H,1-2,7H2,(H,17,19)(H2,16,18,21). The number of thiocarbonyl (C=S) groups is 1. The predicted molar refractivity (Wildman–Crippen MR) is 78.5 cm³/mol. The molecule has 114 valence electrons. The monoisotopic (exact) mass is 315 g/mol. The fourth-order valence-corrected chi connectivity index (χ4v) is 1.75. The molecule has 1 fully saturated rings. The summed E-state index contributed by atoms with van der Waals surface area (Å²) in [6.07, 6.45) is 2.06. The van der Waals surface area contributed by atoms with Gasteiger partial charge in [0.15, 0.2) is 5.11 Å². The normalized spacial score (nSPS) is 13.7. The van der Waals surface area contributed by atoms with Gasteiger partial charge in [0.25, 0.3) is 0 Å². The van der Waals surface area contributed by atoms with Crippen LogP contribution in [0.1, 0.15) is 12.8 Å². The highest BCUT2D eigenvalue weighted by Crippen LogP contribution is 2.18. The molecule has 0 bridgehead atoms. The molecule has 21 heavy (non-hydrogen) atoms. The van der Waals surface area contributed by atoms with Crippen molar-refractivity contribution in [1.29, 1.82) is 0 Å². The zero-order chi connectivity index (χ0) is 15.2. The van der Waals surface area contributed by atoms with Crippen molar-refractivity contribution in [2.75, 3.05) is 11.9 Å². The lowest BCUT2D eigenvalue weighted by Crippen LogP contribution is -2.39. The van der Waals surface area contributed by atoms with E-state index in [1.54, 1.807) is 12.1 Å². The Morgan fingerprint density at radius 1 is 1.33 bits per heavy atom. The summed E-state index contributed by atoms with van der Waals surface area (Å²) in [4.78, 5) is 11.4. The van der Waals surface area contributed by atoms with Gasteiger partial charge >= 0.3 is 6.61 Å². The number of hydrogen-bond donors (Lipinski definition) is 3. The Hall–Kier alpha value is -1.96. The summed E-state index contributed by atoms with van der Waals surface area (Å²) in [7, 11) is 0. The van der Waals surface area contributed by atoms with Crippen molar-refractivity contribution in [3.63, 3.8) is 0 Å². The molecule has 1 amide bonds. The number of anilines is 1. The Labute approximate surface area is 126 Å². The van der Waals surface area contributed by atoms with Crippen LogP contribution in [0, 0.1) is 0 Å². The molecule has 0 radical (unpaired) electrons. The number of ether oxygens (including phenoxy) is 1. The van der Waals surface area contributed by atoms with Gasteiger partial charge in [0.2, 0.25) is 5.91 Å². The molecule has 2 rings (SSSR count). The summed E-state index contributed by atoms with van der Waals surface area (Å²) in [5.74, 6) is -0.0411. The Balaban J connectivity index is 1.72. The Kier molecular flexibility index (Phi) is 5.26. The first kappa shape index (κ1) is 15.4. The average Bonchev–Trinajstić information content (AvgIpc) is 3.22. The molecule has 1 saturated carbocycles. The number of carbonyl (C=O) groups excluding carboxylic acids is 1. The molecular weight excluding hydrogens is 300 g/mol. The van der Waals surface area contributed by atoms with Gasteiger partial charge in [-0.1, -0.05) is 0 Å². The van der Waals surface area contributed by atoms with Crippen LogP contribution in [0.3, 0.4) is 0 Å². The van der Waals surface area contributed by atoms with Crippen LogP contribution >= 0.6 is 12.2 Å². The second-order valence-corrected chi connectivity index (χ2v) is 4.96. The van der Waals surface area contributed by atoms with Crippen molar-refractivity contribution in [3.05, 3.63) is 24.3 Å². The smallest absolute Gasteiger partial charge is 0.387 e. The zero-order valence-electron chi connectivity index (χ0n) is 11.1. The predicted octanol–water partition coefficient (Wildman–Crippen LogP) is 1.85. The van der Waals surface area contributed by atoms with Gasteiger partial charge in [0.1, 0.15) is 5.75 Å². The molecule has 0 aromatic heterocycles. The van der Waals surface area contributed by atoms with Crippen LogP contribution in [-0.2, 0) is 4.79 Å². The second kappa shape index (κ2) is 7.16. The van der Waals surface area contributed by atoms with Gasteiger partial charge in [-0.25, -0.2) is 0 Å². The number of carbonyl (C=O) groups is 1. The van der Waals surface area contributed by atoms with Crippen LogP contribution in [-0.4, -0.2) is 30.2 Å². The first-order chi connectivity index (χ1) is 10.0. The van der Waals surface area contributed by atoms with E-state index in [-0.39, 0.29) is 23.3 Å².